The molecule has 5 nitrogen and oxygen atoms in total. The Hall–Kier alpha value is -1.40. The fraction of sp³-hybridized carbons (Fsp3) is 0.500. The van der Waals surface area contributed by atoms with Crippen LogP contribution in [0.5, 0.6) is 5.88 Å². The number of hydrogen-bond acceptors (Lipinski definition) is 6. The molecule has 0 amide bonds. The Kier molecular flexibility index (Phi) is 3.05. The molecule has 0 spiro atoms. The Bertz CT molecular complexity index is 566. The van der Waals surface area contributed by atoms with Gasteiger partial charge in [-0.25, -0.2) is 4.98 Å². The predicted molar refractivity (Wildman–Crippen MR) is 71.6 cm³/mol. The Balaban J connectivity index is 2.04. The molecule has 1 N–H and O–H groups in total. The lowest BCUT2D eigenvalue weighted by molar-refractivity contribution is -0.0806. The number of anilines is 1. The molecule has 1 aliphatic rings. The van der Waals surface area contributed by atoms with Crippen LogP contribution in [0.3, 0.4) is 0 Å². The van der Waals surface area contributed by atoms with E-state index >= 15 is 0 Å². The molecule has 2 aromatic heterocycles. The molecule has 0 saturated carbocycles. The molecule has 6 heteroatoms. The van der Waals surface area contributed by atoms with E-state index in [4.69, 9.17) is 9.47 Å². The number of rotatable bonds is 4. The van der Waals surface area contributed by atoms with Gasteiger partial charge >= 0.3 is 0 Å². The van der Waals surface area contributed by atoms with Crippen LogP contribution >= 0.6 is 11.3 Å². The third-order valence-electron chi connectivity index (χ3n) is 2.87. The summed E-state index contributed by atoms with van der Waals surface area (Å²) in [5.74, 6) is 1.26. The summed E-state index contributed by atoms with van der Waals surface area (Å²) in [5, 5.41) is 3.97. The first-order valence-electron chi connectivity index (χ1n) is 6.02. The van der Waals surface area contributed by atoms with E-state index in [0.717, 1.165) is 16.6 Å². The predicted octanol–water partition coefficient (Wildman–Crippen LogP) is 2.07. The molecule has 0 atom stereocenters. The van der Waals surface area contributed by atoms with E-state index in [9.17, 15) is 0 Å². The summed E-state index contributed by atoms with van der Waals surface area (Å²) in [7, 11) is 1.81. The molecule has 0 bridgehead atoms. The Morgan fingerprint density at radius 3 is 2.94 bits per heavy atom. The SMILES string of the molecule is CCc1cc2c(OC3COC3)nc(NC)nc2s1. The van der Waals surface area contributed by atoms with Crippen LogP contribution in [0.2, 0.25) is 0 Å². The minimum absolute atomic E-state index is 0.123. The number of thiophene rings is 1. The van der Waals surface area contributed by atoms with Gasteiger partial charge in [-0.05, 0) is 12.5 Å². The molecular weight excluding hydrogens is 250 g/mol. The number of ether oxygens (including phenoxy) is 2. The van der Waals surface area contributed by atoms with Gasteiger partial charge in [-0.2, -0.15) is 4.98 Å². The highest BCUT2D eigenvalue weighted by molar-refractivity contribution is 7.18. The van der Waals surface area contributed by atoms with Crippen molar-refractivity contribution in [3.8, 4) is 5.88 Å². The summed E-state index contributed by atoms with van der Waals surface area (Å²) in [6.45, 7) is 3.42. The van der Waals surface area contributed by atoms with Gasteiger partial charge in [-0.1, -0.05) is 6.92 Å². The average molecular weight is 265 g/mol. The third kappa shape index (κ3) is 2.02. The van der Waals surface area contributed by atoms with Gasteiger partial charge in [0.1, 0.15) is 10.9 Å². The Labute approximate surface area is 109 Å². The Morgan fingerprint density at radius 1 is 1.50 bits per heavy atom. The summed E-state index contributed by atoms with van der Waals surface area (Å²) in [5.41, 5.74) is 0. The highest BCUT2D eigenvalue weighted by atomic mass is 32.1. The summed E-state index contributed by atoms with van der Waals surface area (Å²) < 4.78 is 11.0. The number of fused-ring (bicyclic) bond motifs is 1. The maximum Gasteiger partial charge on any atom is 0.227 e. The highest BCUT2D eigenvalue weighted by Gasteiger charge is 2.23. The topological polar surface area (TPSA) is 56.3 Å². The standard InChI is InChI=1S/C12H15N3O2S/c1-3-8-4-9-10(17-7-5-16-6-7)14-12(13-2)15-11(9)18-8/h4,7H,3,5-6H2,1-2H3,(H,13,14,15). The zero-order chi connectivity index (χ0) is 12.5. The van der Waals surface area contributed by atoms with E-state index in [1.165, 1.54) is 4.88 Å². The first-order valence-corrected chi connectivity index (χ1v) is 6.84. The number of hydrogen-bond donors (Lipinski definition) is 1. The fourth-order valence-corrected chi connectivity index (χ4v) is 2.72. The van der Waals surface area contributed by atoms with Crippen molar-refractivity contribution in [2.45, 2.75) is 19.4 Å². The van der Waals surface area contributed by atoms with Crippen LogP contribution in [0.4, 0.5) is 5.95 Å². The van der Waals surface area contributed by atoms with Crippen LogP contribution in [-0.4, -0.2) is 36.3 Å². The molecule has 0 aliphatic carbocycles. The summed E-state index contributed by atoms with van der Waals surface area (Å²) in [6.07, 6.45) is 1.12. The molecule has 2 aromatic rings. The second kappa shape index (κ2) is 4.70. The van der Waals surface area contributed by atoms with Crippen molar-refractivity contribution in [3.05, 3.63) is 10.9 Å². The van der Waals surface area contributed by atoms with Crippen molar-refractivity contribution < 1.29 is 9.47 Å². The first-order chi connectivity index (χ1) is 8.80. The quantitative estimate of drug-likeness (QED) is 0.917. The molecule has 1 saturated heterocycles. The monoisotopic (exact) mass is 265 g/mol. The molecule has 18 heavy (non-hydrogen) atoms. The number of aryl methyl sites for hydroxylation is 1. The number of aromatic nitrogens is 2. The van der Waals surface area contributed by atoms with Gasteiger partial charge < -0.3 is 14.8 Å². The molecular formula is C12H15N3O2S. The largest absolute Gasteiger partial charge is 0.469 e. The summed E-state index contributed by atoms with van der Waals surface area (Å²) in [6, 6.07) is 2.12. The first kappa shape index (κ1) is 11.7. The van der Waals surface area contributed by atoms with Gasteiger partial charge in [0, 0.05) is 11.9 Å². The maximum absolute atomic E-state index is 5.85. The molecule has 0 radical (unpaired) electrons. The van der Waals surface area contributed by atoms with E-state index in [0.29, 0.717) is 25.0 Å². The number of nitrogens with one attached hydrogen (secondary N) is 1. The lowest BCUT2D eigenvalue weighted by atomic mass is 10.3. The summed E-state index contributed by atoms with van der Waals surface area (Å²) >= 11 is 1.69. The fourth-order valence-electron chi connectivity index (χ4n) is 1.76. The highest BCUT2D eigenvalue weighted by Crippen LogP contribution is 2.32. The normalized spacial score (nSPS) is 15.7. The van der Waals surface area contributed by atoms with E-state index in [1.807, 2.05) is 7.05 Å². The minimum Gasteiger partial charge on any atom is -0.469 e. The molecule has 3 rings (SSSR count). The smallest absolute Gasteiger partial charge is 0.227 e. The minimum atomic E-state index is 0.123. The average Bonchev–Trinajstić information content (AvgIpc) is 2.76. The van der Waals surface area contributed by atoms with Gasteiger partial charge in [-0.3, -0.25) is 0 Å². The van der Waals surface area contributed by atoms with Crippen molar-refractivity contribution >= 4 is 27.5 Å². The van der Waals surface area contributed by atoms with Gasteiger partial charge in [0.2, 0.25) is 11.8 Å². The molecule has 0 unspecified atom stereocenters. The second-order valence-corrected chi connectivity index (χ2v) is 5.28. The van der Waals surface area contributed by atoms with Crippen LogP contribution in [-0.2, 0) is 11.2 Å². The molecule has 1 aliphatic heterocycles. The van der Waals surface area contributed by atoms with Gasteiger partial charge in [-0.15, -0.1) is 11.3 Å². The van der Waals surface area contributed by atoms with Gasteiger partial charge in [0.25, 0.3) is 0 Å². The molecule has 0 aromatic carbocycles. The second-order valence-electron chi connectivity index (χ2n) is 4.16. The van der Waals surface area contributed by atoms with E-state index in [-0.39, 0.29) is 6.10 Å². The van der Waals surface area contributed by atoms with E-state index < -0.39 is 0 Å². The zero-order valence-corrected chi connectivity index (χ0v) is 11.2. The van der Waals surface area contributed by atoms with Crippen LogP contribution in [0.25, 0.3) is 10.2 Å². The van der Waals surface area contributed by atoms with Gasteiger partial charge in [0.05, 0.1) is 18.6 Å². The summed E-state index contributed by atoms with van der Waals surface area (Å²) in [4.78, 5) is 11.1. The molecule has 1 fully saturated rings. The van der Waals surface area contributed by atoms with Gasteiger partial charge in [0.15, 0.2) is 0 Å². The lowest BCUT2D eigenvalue weighted by Crippen LogP contribution is -2.38. The lowest BCUT2D eigenvalue weighted by Gasteiger charge is -2.26. The molecule has 96 valence electrons. The maximum atomic E-state index is 5.85. The van der Waals surface area contributed by atoms with Crippen molar-refractivity contribution in [1.29, 1.82) is 0 Å². The van der Waals surface area contributed by atoms with Crippen molar-refractivity contribution in [3.63, 3.8) is 0 Å². The Morgan fingerprint density at radius 2 is 2.33 bits per heavy atom. The van der Waals surface area contributed by atoms with Crippen LogP contribution in [0.15, 0.2) is 6.07 Å². The van der Waals surface area contributed by atoms with Crippen molar-refractivity contribution in [1.82, 2.24) is 9.97 Å². The molecule has 3 heterocycles. The van der Waals surface area contributed by atoms with Crippen LogP contribution < -0.4 is 10.1 Å². The van der Waals surface area contributed by atoms with E-state index in [1.54, 1.807) is 11.3 Å². The number of nitrogens with zero attached hydrogens (tertiary/aromatic N) is 2. The van der Waals surface area contributed by atoms with Crippen molar-refractivity contribution in [2.24, 2.45) is 0 Å². The third-order valence-corrected chi connectivity index (χ3v) is 4.04. The zero-order valence-electron chi connectivity index (χ0n) is 10.4. The van der Waals surface area contributed by atoms with Crippen LogP contribution in [0.1, 0.15) is 11.8 Å². The van der Waals surface area contributed by atoms with Crippen molar-refractivity contribution in [2.75, 3.05) is 25.6 Å². The van der Waals surface area contributed by atoms with Crippen LogP contribution in [0, 0.1) is 0 Å². The van der Waals surface area contributed by atoms with E-state index in [2.05, 4.69) is 28.3 Å².